The van der Waals surface area contributed by atoms with Gasteiger partial charge in [-0.2, -0.15) is 0 Å². The monoisotopic (exact) mass is 293 g/mol. The fourth-order valence-corrected chi connectivity index (χ4v) is 2.97. The fraction of sp³-hybridized carbons (Fsp3) is 0.647. The van der Waals surface area contributed by atoms with Crippen molar-refractivity contribution >= 4 is 0 Å². The van der Waals surface area contributed by atoms with Crippen molar-refractivity contribution in [2.75, 3.05) is 40.0 Å². The molecule has 1 N–H and O–H groups in total. The van der Waals surface area contributed by atoms with Gasteiger partial charge in [-0.25, -0.2) is 0 Å². The molecule has 0 bridgehead atoms. The highest BCUT2D eigenvalue weighted by atomic mass is 16.5. The van der Waals surface area contributed by atoms with E-state index in [1.165, 1.54) is 0 Å². The topological polar surface area (TPSA) is 41.9 Å². The van der Waals surface area contributed by atoms with Gasteiger partial charge in [0.1, 0.15) is 11.5 Å². The predicted octanol–water partition coefficient (Wildman–Crippen LogP) is 2.41. The molecule has 118 valence electrons. The molecule has 1 aliphatic heterocycles. The molecule has 1 heterocycles. The van der Waals surface area contributed by atoms with Crippen molar-refractivity contribution in [1.82, 2.24) is 4.90 Å². The molecule has 4 heteroatoms. The quantitative estimate of drug-likeness (QED) is 0.838. The lowest BCUT2D eigenvalue weighted by Gasteiger charge is -2.34. The highest BCUT2D eigenvalue weighted by molar-refractivity contribution is 5.32. The van der Waals surface area contributed by atoms with Gasteiger partial charge in [0.25, 0.3) is 0 Å². The Balaban J connectivity index is 1.84. The van der Waals surface area contributed by atoms with E-state index in [9.17, 15) is 5.11 Å². The molecule has 4 nitrogen and oxygen atoms in total. The summed E-state index contributed by atoms with van der Waals surface area (Å²) in [6.07, 6.45) is 2.31. The first-order chi connectivity index (χ1) is 10.3. The second-order valence-electron chi connectivity index (χ2n) is 5.70. The van der Waals surface area contributed by atoms with Gasteiger partial charge in [0.2, 0.25) is 0 Å². The number of benzene rings is 1. The van der Waals surface area contributed by atoms with Gasteiger partial charge in [-0.05, 0) is 50.5 Å². The Hall–Kier alpha value is -1.26. The largest absolute Gasteiger partial charge is 0.497 e. The van der Waals surface area contributed by atoms with Gasteiger partial charge in [-0.1, -0.05) is 13.0 Å². The molecule has 2 rings (SSSR count). The maximum absolute atomic E-state index is 9.66. The third-order valence-corrected chi connectivity index (χ3v) is 4.49. The molecule has 0 saturated carbocycles. The summed E-state index contributed by atoms with van der Waals surface area (Å²) in [5.41, 5.74) is 0. The minimum atomic E-state index is 0.195. The van der Waals surface area contributed by atoms with Crippen molar-refractivity contribution in [3.05, 3.63) is 24.3 Å². The number of hydrogen-bond donors (Lipinski definition) is 1. The number of aliphatic hydroxyl groups is 1. The van der Waals surface area contributed by atoms with Crippen LogP contribution in [0.1, 0.15) is 19.8 Å². The standard InChI is InChI=1S/C17H27NO3/c1-3-18-9-7-14(8-10-18)15(12-19)13-21-17-6-4-5-16(11-17)20-2/h4-6,11,14-15,19H,3,7-10,12-13H2,1-2H3. The van der Waals surface area contributed by atoms with Gasteiger partial charge in [-0.15, -0.1) is 0 Å². The number of rotatable bonds is 7. The number of piperidine rings is 1. The molecule has 0 spiro atoms. The van der Waals surface area contributed by atoms with E-state index >= 15 is 0 Å². The molecule has 0 aliphatic carbocycles. The maximum Gasteiger partial charge on any atom is 0.123 e. The zero-order valence-electron chi connectivity index (χ0n) is 13.1. The van der Waals surface area contributed by atoms with Crippen LogP contribution in [-0.4, -0.2) is 50.0 Å². The average molecular weight is 293 g/mol. The summed E-state index contributed by atoms with van der Waals surface area (Å²) in [5, 5.41) is 9.66. The summed E-state index contributed by atoms with van der Waals surface area (Å²) in [7, 11) is 1.65. The molecule has 0 aromatic heterocycles. The second-order valence-corrected chi connectivity index (χ2v) is 5.70. The SMILES string of the molecule is CCN1CCC(C(CO)COc2cccc(OC)c2)CC1. The van der Waals surface area contributed by atoms with E-state index < -0.39 is 0 Å². The van der Waals surface area contributed by atoms with E-state index in [2.05, 4.69) is 11.8 Å². The van der Waals surface area contributed by atoms with Crippen LogP contribution in [0.2, 0.25) is 0 Å². The Morgan fingerprint density at radius 2 is 2.00 bits per heavy atom. The molecular formula is C17H27NO3. The van der Waals surface area contributed by atoms with Crippen LogP contribution < -0.4 is 9.47 Å². The van der Waals surface area contributed by atoms with E-state index in [4.69, 9.17) is 9.47 Å². The second kappa shape index (κ2) is 8.25. The van der Waals surface area contributed by atoms with E-state index in [-0.39, 0.29) is 12.5 Å². The van der Waals surface area contributed by atoms with Crippen LogP contribution in [0, 0.1) is 11.8 Å². The number of ether oxygens (including phenoxy) is 2. The predicted molar refractivity (Wildman–Crippen MR) is 83.9 cm³/mol. The first-order valence-corrected chi connectivity index (χ1v) is 7.86. The Labute approximate surface area is 127 Å². The lowest BCUT2D eigenvalue weighted by Crippen LogP contribution is -2.38. The summed E-state index contributed by atoms with van der Waals surface area (Å²) >= 11 is 0. The van der Waals surface area contributed by atoms with Crippen molar-refractivity contribution in [2.24, 2.45) is 11.8 Å². The molecule has 1 saturated heterocycles. The van der Waals surface area contributed by atoms with Crippen LogP contribution in [0.25, 0.3) is 0 Å². The van der Waals surface area contributed by atoms with Crippen LogP contribution in [-0.2, 0) is 0 Å². The Kier molecular flexibility index (Phi) is 6.33. The van der Waals surface area contributed by atoms with E-state index in [1.807, 2.05) is 24.3 Å². The summed E-state index contributed by atoms with van der Waals surface area (Å²) in [4.78, 5) is 2.47. The number of aliphatic hydroxyl groups excluding tert-OH is 1. The van der Waals surface area contributed by atoms with E-state index in [0.29, 0.717) is 12.5 Å². The van der Waals surface area contributed by atoms with Gasteiger partial charge < -0.3 is 19.5 Å². The van der Waals surface area contributed by atoms with Crippen LogP contribution in [0.15, 0.2) is 24.3 Å². The molecular weight excluding hydrogens is 266 g/mol. The van der Waals surface area contributed by atoms with Crippen LogP contribution in [0.5, 0.6) is 11.5 Å². The lowest BCUT2D eigenvalue weighted by atomic mass is 9.85. The van der Waals surface area contributed by atoms with Crippen molar-refractivity contribution in [3.63, 3.8) is 0 Å². The van der Waals surface area contributed by atoms with Crippen molar-refractivity contribution in [2.45, 2.75) is 19.8 Å². The Morgan fingerprint density at radius 1 is 1.29 bits per heavy atom. The van der Waals surface area contributed by atoms with Crippen molar-refractivity contribution in [1.29, 1.82) is 0 Å². The highest BCUT2D eigenvalue weighted by Crippen LogP contribution is 2.26. The summed E-state index contributed by atoms with van der Waals surface area (Å²) in [6.45, 7) is 6.36. The molecule has 1 fully saturated rings. The smallest absolute Gasteiger partial charge is 0.123 e. The van der Waals surface area contributed by atoms with Gasteiger partial charge in [0.15, 0.2) is 0 Å². The minimum absolute atomic E-state index is 0.195. The number of likely N-dealkylation sites (tertiary alicyclic amines) is 1. The van der Waals surface area contributed by atoms with Gasteiger partial charge in [0.05, 0.1) is 13.7 Å². The molecule has 1 aromatic rings. The minimum Gasteiger partial charge on any atom is -0.497 e. The van der Waals surface area contributed by atoms with Crippen LogP contribution >= 0.6 is 0 Å². The molecule has 1 aliphatic rings. The third-order valence-electron chi connectivity index (χ3n) is 4.49. The molecule has 0 amide bonds. The zero-order chi connectivity index (χ0) is 15.1. The highest BCUT2D eigenvalue weighted by Gasteiger charge is 2.26. The van der Waals surface area contributed by atoms with Crippen LogP contribution in [0.4, 0.5) is 0 Å². The van der Waals surface area contributed by atoms with Crippen molar-refractivity contribution < 1.29 is 14.6 Å². The lowest BCUT2D eigenvalue weighted by molar-refractivity contribution is 0.0756. The van der Waals surface area contributed by atoms with Gasteiger partial charge >= 0.3 is 0 Å². The summed E-state index contributed by atoms with van der Waals surface area (Å²) in [6, 6.07) is 7.63. The number of hydrogen-bond acceptors (Lipinski definition) is 4. The molecule has 1 unspecified atom stereocenters. The first kappa shape index (κ1) is 16.1. The molecule has 0 radical (unpaired) electrons. The van der Waals surface area contributed by atoms with Gasteiger partial charge in [-0.3, -0.25) is 0 Å². The Morgan fingerprint density at radius 3 is 2.62 bits per heavy atom. The van der Waals surface area contributed by atoms with E-state index in [0.717, 1.165) is 44.0 Å². The molecule has 21 heavy (non-hydrogen) atoms. The fourth-order valence-electron chi connectivity index (χ4n) is 2.97. The number of nitrogens with zero attached hydrogens (tertiary/aromatic N) is 1. The molecule has 1 atom stereocenters. The number of methoxy groups -OCH3 is 1. The Bertz CT molecular complexity index is 416. The first-order valence-electron chi connectivity index (χ1n) is 7.86. The molecule has 1 aromatic carbocycles. The van der Waals surface area contributed by atoms with Crippen LogP contribution in [0.3, 0.4) is 0 Å². The van der Waals surface area contributed by atoms with Gasteiger partial charge in [0, 0.05) is 18.6 Å². The summed E-state index contributed by atoms with van der Waals surface area (Å²) < 4.78 is 11.0. The summed E-state index contributed by atoms with van der Waals surface area (Å²) in [5.74, 6) is 2.38. The average Bonchev–Trinajstić information content (AvgIpc) is 2.56. The normalized spacial score (nSPS) is 18.4. The third kappa shape index (κ3) is 4.61. The van der Waals surface area contributed by atoms with E-state index in [1.54, 1.807) is 7.11 Å². The van der Waals surface area contributed by atoms with Crippen molar-refractivity contribution in [3.8, 4) is 11.5 Å². The maximum atomic E-state index is 9.66. The zero-order valence-corrected chi connectivity index (χ0v) is 13.1.